The minimum absolute atomic E-state index is 0.0907. The highest BCUT2D eigenvalue weighted by molar-refractivity contribution is 6.01. The van der Waals surface area contributed by atoms with Crippen LogP contribution in [0, 0.1) is 12.7 Å². The number of nitrogens with one attached hydrogen (secondary N) is 2. The van der Waals surface area contributed by atoms with Crippen molar-refractivity contribution in [1.82, 2.24) is 10.3 Å². The molecule has 0 aliphatic heterocycles. The van der Waals surface area contributed by atoms with E-state index in [1.807, 2.05) is 0 Å². The highest BCUT2D eigenvalue weighted by Gasteiger charge is 2.20. The van der Waals surface area contributed by atoms with Crippen molar-refractivity contribution in [1.29, 1.82) is 0 Å². The van der Waals surface area contributed by atoms with Crippen LogP contribution in [0.25, 0.3) is 10.9 Å². The monoisotopic (exact) mass is 290 g/mol. The summed E-state index contributed by atoms with van der Waals surface area (Å²) < 4.78 is 14.4. The van der Waals surface area contributed by atoms with Crippen LogP contribution in [0.4, 0.5) is 4.39 Å². The average Bonchev–Trinajstić information content (AvgIpc) is 2.81. The summed E-state index contributed by atoms with van der Waals surface area (Å²) in [5.74, 6) is -0.495. The second-order valence-electron chi connectivity index (χ2n) is 5.23. The molecule has 1 amide bonds. The summed E-state index contributed by atoms with van der Waals surface area (Å²) in [4.78, 5) is 26.0. The van der Waals surface area contributed by atoms with Gasteiger partial charge < -0.3 is 15.1 Å². The summed E-state index contributed by atoms with van der Waals surface area (Å²) in [5, 5.41) is 3.01. The number of ketones is 1. The van der Waals surface area contributed by atoms with Crippen LogP contribution in [0.2, 0.25) is 0 Å². The third kappa shape index (κ3) is 2.96. The first-order valence-corrected chi connectivity index (χ1v) is 6.97. The average molecular weight is 290 g/mol. The molecule has 2 rings (SSSR count). The number of rotatable bonds is 5. The van der Waals surface area contributed by atoms with Crippen LogP contribution in [0.5, 0.6) is 0 Å². The molecule has 0 unspecified atom stereocenters. The van der Waals surface area contributed by atoms with Gasteiger partial charge in [0.15, 0.2) is 0 Å². The van der Waals surface area contributed by atoms with Crippen LogP contribution < -0.4 is 5.32 Å². The molecule has 1 aromatic carbocycles. The smallest absolute Gasteiger partial charge is 0.267 e. The molecule has 0 spiro atoms. The SMILES string of the molecule is CNC(=O)c1[nH]c2ccc(C)c(F)c2c1CCCC(C)=O. The van der Waals surface area contributed by atoms with Crippen molar-refractivity contribution in [2.45, 2.75) is 33.1 Å². The molecule has 0 aliphatic carbocycles. The quantitative estimate of drug-likeness (QED) is 0.889. The van der Waals surface area contributed by atoms with E-state index in [0.29, 0.717) is 47.0 Å². The van der Waals surface area contributed by atoms with E-state index >= 15 is 0 Å². The molecule has 5 heteroatoms. The molecular formula is C16H19FN2O2. The van der Waals surface area contributed by atoms with Gasteiger partial charge in [-0.2, -0.15) is 0 Å². The molecule has 0 radical (unpaired) electrons. The van der Waals surface area contributed by atoms with E-state index in [1.54, 1.807) is 19.1 Å². The predicted molar refractivity (Wildman–Crippen MR) is 80.0 cm³/mol. The van der Waals surface area contributed by atoms with E-state index < -0.39 is 0 Å². The maximum atomic E-state index is 14.4. The summed E-state index contributed by atoms with van der Waals surface area (Å²) >= 11 is 0. The van der Waals surface area contributed by atoms with Gasteiger partial charge >= 0.3 is 0 Å². The summed E-state index contributed by atoms with van der Waals surface area (Å²) in [6.07, 6.45) is 1.51. The minimum Gasteiger partial charge on any atom is -0.354 e. The lowest BCUT2D eigenvalue weighted by molar-refractivity contribution is -0.117. The fourth-order valence-electron chi connectivity index (χ4n) is 2.50. The topological polar surface area (TPSA) is 62.0 Å². The van der Waals surface area contributed by atoms with E-state index in [2.05, 4.69) is 10.3 Å². The lowest BCUT2D eigenvalue weighted by Gasteiger charge is -2.05. The lowest BCUT2D eigenvalue weighted by atomic mass is 10.0. The molecule has 0 atom stereocenters. The van der Waals surface area contributed by atoms with Gasteiger partial charge in [-0.1, -0.05) is 6.07 Å². The number of Topliss-reactive ketones (excluding diaryl/α,β-unsaturated/α-hetero) is 1. The standard InChI is InChI=1S/C16H19FN2O2/c1-9-7-8-12-13(14(9)17)11(6-4-5-10(2)20)15(19-12)16(21)18-3/h7-8,19H,4-6H2,1-3H3,(H,18,21). The molecule has 4 nitrogen and oxygen atoms in total. The summed E-state index contributed by atoms with van der Waals surface area (Å²) in [6.45, 7) is 3.22. The Hall–Kier alpha value is -2.17. The highest BCUT2D eigenvalue weighted by atomic mass is 19.1. The molecule has 2 N–H and O–H groups in total. The normalized spacial score (nSPS) is 10.9. The van der Waals surface area contributed by atoms with Gasteiger partial charge in [0.1, 0.15) is 17.3 Å². The van der Waals surface area contributed by atoms with Crippen molar-refractivity contribution in [3.8, 4) is 0 Å². The third-order valence-corrected chi connectivity index (χ3v) is 3.61. The van der Waals surface area contributed by atoms with Crippen molar-refractivity contribution in [3.05, 3.63) is 34.8 Å². The Labute approximate surface area is 122 Å². The van der Waals surface area contributed by atoms with Gasteiger partial charge in [-0.15, -0.1) is 0 Å². The Balaban J connectivity index is 2.53. The molecule has 0 saturated heterocycles. The van der Waals surface area contributed by atoms with Gasteiger partial charge in [-0.25, -0.2) is 4.39 Å². The third-order valence-electron chi connectivity index (χ3n) is 3.61. The van der Waals surface area contributed by atoms with Crippen LogP contribution in [0.1, 0.15) is 41.4 Å². The number of halogens is 1. The molecular weight excluding hydrogens is 271 g/mol. The molecule has 1 aromatic heterocycles. The van der Waals surface area contributed by atoms with Crippen molar-refractivity contribution >= 4 is 22.6 Å². The number of carbonyl (C=O) groups is 2. The van der Waals surface area contributed by atoms with Gasteiger partial charge in [-0.3, -0.25) is 4.79 Å². The number of hydrogen-bond donors (Lipinski definition) is 2. The maximum absolute atomic E-state index is 14.4. The summed E-state index contributed by atoms with van der Waals surface area (Å²) in [5.41, 5.74) is 2.17. The van der Waals surface area contributed by atoms with Crippen LogP contribution in [0.3, 0.4) is 0 Å². The maximum Gasteiger partial charge on any atom is 0.267 e. The largest absolute Gasteiger partial charge is 0.354 e. The zero-order chi connectivity index (χ0) is 15.6. The second kappa shape index (κ2) is 6.08. The van der Waals surface area contributed by atoms with Crippen molar-refractivity contribution in [2.75, 3.05) is 7.05 Å². The van der Waals surface area contributed by atoms with E-state index in [1.165, 1.54) is 14.0 Å². The Morgan fingerprint density at radius 1 is 1.33 bits per heavy atom. The Kier molecular flexibility index (Phi) is 4.40. The number of aryl methyl sites for hydroxylation is 2. The van der Waals surface area contributed by atoms with Crippen LogP contribution in [0.15, 0.2) is 12.1 Å². The molecule has 0 fully saturated rings. The fraction of sp³-hybridized carbons (Fsp3) is 0.375. The van der Waals surface area contributed by atoms with Gasteiger partial charge in [0.05, 0.1) is 0 Å². The highest BCUT2D eigenvalue weighted by Crippen LogP contribution is 2.28. The van der Waals surface area contributed by atoms with Crippen molar-refractivity contribution in [3.63, 3.8) is 0 Å². The molecule has 0 aliphatic rings. The number of H-pyrrole nitrogens is 1. The number of fused-ring (bicyclic) bond motifs is 1. The van der Waals surface area contributed by atoms with E-state index in [0.717, 1.165) is 0 Å². The zero-order valence-corrected chi connectivity index (χ0v) is 12.5. The number of aromatic nitrogens is 1. The van der Waals surface area contributed by atoms with Gasteiger partial charge in [0.2, 0.25) is 0 Å². The summed E-state index contributed by atoms with van der Waals surface area (Å²) in [6, 6.07) is 3.45. The molecule has 21 heavy (non-hydrogen) atoms. The number of aromatic amines is 1. The molecule has 1 heterocycles. The van der Waals surface area contributed by atoms with E-state index in [9.17, 15) is 14.0 Å². The lowest BCUT2D eigenvalue weighted by Crippen LogP contribution is -2.19. The van der Waals surface area contributed by atoms with Crippen molar-refractivity contribution in [2.24, 2.45) is 0 Å². The first-order valence-electron chi connectivity index (χ1n) is 6.97. The fourth-order valence-corrected chi connectivity index (χ4v) is 2.50. The van der Waals surface area contributed by atoms with Crippen LogP contribution in [-0.4, -0.2) is 23.7 Å². The number of carbonyl (C=O) groups excluding carboxylic acids is 2. The van der Waals surface area contributed by atoms with Gasteiger partial charge in [-0.05, 0) is 43.9 Å². The Morgan fingerprint density at radius 3 is 2.67 bits per heavy atom. The minimum atomic E-state index is -0.309. The number of amides is 1. The van der Waals surface area contributed by atoms with E-state index in [-0.39, 0.29) is 17.5 Å². The molecule has 0 saturated carbocycles. The predicted octanol–water partition coefficient (Wildman–Crippen LogP) is 2.89. The first-order chi connectivity index (χ1) is 9.95. The van der Waals surface area contributed by atoms with Crippen LogP contribution >= 0.6 is 0 Å². The van der Waals surface area contributed by atoms with E-state index in [4.69, 9.17) is 0 Å². The number of benzene rings is 1. The zero-order valence-electron chi connectivity index (χ0n) is 12.5. The van der Waals surface area contributed by atoms with Gasteiger partial charge in [0, 0.05) is 24.4 Å². The summed E-state index contributed by atoms with van der Waals surface area (Å²) in [7, 11) is 1.54. The second-order valence-corrected chi connectivity index (χ2v) is 5.23. The Bertz CT molecular complexity index is 704. The van der Waals surface area contributed by atoms with Crippen LogP contribution in [-0.2, 0) is 11.2 Å². The molecule has 112 valence electrons. The number of hydrogen-bond acceptors (Lipinski definition) is 2. The van der Waals surface area contributed by atoms with Crippen molar-refractivity contribution < 1.29 is 14.0 Å². The Morgan fingerprint density at radius 2 is 2.05 bits per heavy atom. The molecule has 2 aromatic rings. The molecule has 0 bridgehead atoms. The van der Waals surface area contributed by atoms with Gasteiger partial charge in [0.25, 0.3) is 5.91 Å². The first kappa shape index (κ1) is 15.2.